The number of alkyl halides is 3. The van der Waals surface area contributed by atoms with Crippen molar-refractivity contribution in [1.29, 1.82) is 0 Å². The van der Waals surface area contributed by atoms with Gasteiger partial charge in [0.25, 0.3) is 11.8 Å². The van der Waals surface area contributed by atoms with Crippen molar-refractivity contribution >= 4 is 23.5 Å². The minimum atomic E-state index is -4.46. The zero-order chi connectivity index (χ0) is 23.5. The zero-order valence-corrected chi connectivity index (χ0v) is 16.7. The number of aliphatic carboxylic acids is 1. The number of aryl methyl sites for hydroxylation is 1. The summed E-state index contributed by atoms with van der Waals surface area (Å²) in [6, 6.07) is 12.3. The Balaban J connectivity index is 1.82. The quantitative estimate of drug-likeness (QED) is 0.538. The molecule has 0 aliphatic carbocycles. The van der Waals surface area contributed by atoms with Gasteiger partial charge in [0.2, 0.25) is 0 Å². The summed E-state index contributed by atoms with van der Waals surface area (Å²) in [4.78, 5) is 35.6. The molecule has 1 aromatic heterocycles. The first-order valence-electron chi connectivity index (χ1n) is 9.30. The molecule has 2 aromatic carbocycles. The van der Waals surface area contributed by atoms with Gasteiger partial charge in [-0.3, -0.25) is 14.4 Å². The second-order valence-corrected chi connectivity index (χ2v) is 6.88. The molecular formula is C22H18F3N3O4. The summed E-state index contributed by atoms with van der Waals surface area (Å²) in [5.74, 6) is -2.34. The highest BCUT2D eigenvalue weighted by Crippen LogP contribution is 2.32. The normalized spacial score (nSPS) is 11.1. The van der Waals surface area contributed by atoms with Crippen molar-refractivity contribution in [2.24, 2.45) is 7.05 Å². The monoisotopic (exact) mass is 445 g/mol. The van der Waals surface area contributed by atoms with E-state index in [1.807, 2.05) is 0 Å². The maximum atomic E-state index is 12.9. The van der Waals surface area contributed by atoms with Crippen LogP contribution < -0.4 is 10.6 Å². The van der Waals surface area contributed by atoms with E-state index < -0.39 is 36.1 Å². The highest BCUT2D eigenvalue weighted by atomic mass is 19.4. The SMILES string of the molecule is Cn1cc(NC(=O)c2ccccc2-c2ccc(C(F)(F)F)cc2)cc1C(=O)NCC(=O)O. The Bertz CT molecular complexity index is 1170. The summed E-state index contributed by atoms with van der Waals surface area (Å²) in [6.45, 7) is -0.549. The van der Waals surface area contributed by atoms with Crippen LogP contribution in [0, 0.1) is 0 Å². The largest absolute Gasteiger partial charge is 0.480 e. The summed E-state index contributed by atoms with van der Waals surface area (Å²) in [5.41, 5.74) is 0.742. The second-order valence-electron chi connectivity index (χ2n) is 6.88. The molecule has 0 bridgehead atoms. The van der Waals surface area contributed by atoms with Gasteiger partial charge in [0, 0.05) is 18.8 Å². The Labute approximate surface area is 180 Å². The number of hydrogen-bond donors (Lipinski definition) is 3. The van der Waals surface area contributed by atoms with Gasteiger partial charge in [0.1, 0.15) is 12.2 Å². The van der Waals surface area contributed by atoms with E-state index in [1.165, 1.54) is 35.0 Å². The number of nitrogens with zero attached hydrogens (tertiary/aromatic N) is 1. The molecule has 0 aliphatic heterocycles. The van der Waals surface area contributed by atoms with Crippen LogP contribution in [0.4, 0.5) is 18.9 Å². The fraction of sp³-hybridized carbons (Fsp3) is 0.136. The number of carbonyl (C=O) groups excluding carboxylic acids is 2. The topological polar surface area (TPSA) is 100 Å². The van der Waals surface area contributed by atoms with Crippen molar-refractivity contribution in [1.82, 2.24) is 9.88 Å². The molecule has 2 amide bonds. The Morgan fingerprint density at radius 2 is 1.66 bits per heavy atom. The highest BCUT2D eigenvalue weighted by Gasteiger charge is 2.30. The lowest BCUT2D eigenvalue weighted by Gasteiger charge is -2.11. The Hall–Kier alpha value is -4.08. The van der Waals surface area contributed by atoms with Gasteiger partial charge in [-0.2, -0.15) is 13.2 Å². The van der Waals surface area contributed by atoms with E-state index >= 15 is 0 Å². The number of carbonyl (C=O) groups is 3. The van der Waals surface area contributed by atoms with Gasteiger partial charge in [0.05, 0.1) is 11.3 Å². The third kappa shape index (κ3) is 5.15. The van der Waals surface area contributed by atoms with E-state index in [1.54, 1.807) is 25.2 Å². The maximum Gasteiger partial charge on any atom is 0.416 e. The van der Waals surface area contributed by atoms with Crippen molar-refractivity contribution in [2.45, 2.75) is 6.18 Å². The number of hydrogen-bond acceptors (Lipinski definition) is 3. The molecule has 0 fully saturated rings. The fourth-order valence-electron chi connectivity index (χ4n) is 3.08. The number of benzene rings is 2. The lowest BCUT2D eigenvalue weighted by atomic mass is 9.98. The predicted octanol–water partition coefficient (Wildman–Crippen LogP) is 3.78. The van der Waals surface area contributed by atoms with Gasteiger partial charge in [-0.05, 0) is 35.4 Å². The van der Waals surface area contributed by atoms with Gasteiger partial charge in [-0.15, -0.1) is 0 Å². The molecule has 10 heteroatoms. The molecule has 166 valence electrons. The average molecular weight is 445 g/mol. The van der Waals surface area contributed by atoms with Crippen molar-refractivity contribution in [3.63, 3.8) is 0 Å². The van der Waals surface area contributed by atoms with Crippen molar-refractivity contribution in [3.8, 4) is 11.1 Å². The van der Waals surface area contributed by atoms with E-state index in [0.717, 1.165) is 12.1 Å². The first kappa shape index (κ1) is 22.6. The lowest BCUT2D eigenvalue weighted by Crippen LogP contribution is -2.30. The minimum absolute atomic E-state index is 0.137. The number of halogens is 3. The highest BCUT2D eigenvalue weighted by molar-refractivity contribution is 6.09. The van der Waals surface area contributed by atoms with Gasteiger partial charge >= 0.3 is 12.1 Å². The Morgan fingerprint density at radius 1 is 1.00 bits per heavy atom. The molecule has 3 rings (SSSR count). The molecule has 32 heavy (non-hydrogen) atoms. The Kier molecular flexibility index (Phi) is 6.33. The summed E-state index contributed by atoms with van der Waals surface area (Å²) < 4.78 is 39.9. The van der Waals surface area contributed by atoms with Crippen molar-refractivity contribution in [3.05, 3.63) is 77.6 Å². The summed E-state index contributed by atoms with van der Waals surface area (Å²) in [5, 5.41) is 13.5. The van der Waals surface area contributed by atoms with Crippen LogP contribution >= 0.6 is 0 Å². The smallest absolute Gasteiger partial charge is 0.416 e. The number of carboxylic acid groups (broad SMARTS) is 1. The lowest BCUT2D eigenvalue weighted by molar-refractivity contribution is -0.138. The summed E-state index contributed by atoms with van der Waals surface area (Å²) >= 11 is 0. The number of rotatable bonds is 6. The molecule has 0 radical (unpaired) electrons. The molecule has 1 heterocycles. The van der Waals surface area contributed by atoms with Crippen molar-refractivity contribution in [2.75, 3.05) is 11.9 Å². The molecule has 0 spiro atoms. The standard InChI is InChI=1S/C22H18F3N3O4/c1-28-12-15(10-18(28)21(32)26-11-19(29)30)27-20(31)17-5-3-2-4-16(17)13-6-8-14(9-7-13)22(23,24)25/h2-10,12H,11H2,1H3,(H,26,32)(H,27,31)(H,29,30). The van der Waals surface area contributed by atoms with Crippen LogP contribution in [0.15, 0.2) is 60.8 Å². The second kappa shape index (κ2) is 8.96. The van der Waals surface area contributed by atoms with E-state index in [4.69, 9.17) is 5.11 Å². The molecule has 0 unspecified atom stereocenters. The van der Waals surface area contributed by atoms with E-state index in [0.29, 0.717) is 16.8 Å². The molecule has 0 atom stereocenters. The van der Waals surface area contributed by atoms with Crippen LogP contribution in [-0.4, -0.2) is 34.0 Å². The maximum absolute atomic E-state index is 12.9. The van der Waals surface area contributed by atoms with Gasteiger partial charge in [-0.25, -0.2) is 0 Å². The fourth-order valence-corrected chi connectivity index (χ4v) is 3.08. The van der Waals surface area contributed by atoms with E-state index in [2.05, 4.69) is 10.6 Å². The molecule has 0 saturated heterocycles. The Morgan fingerprint density at radius 3 is 2.28 bits per heavy atom. The van der Waals surface area contributed by atoms with Crippen LogP contribution in [0.5, 0.6) is 0 Å². The van der Waals surface area contributed by atoms with Crippen LogP contribution in [0.3, 0.4) is 0 Å². The molecule has 0 saturated carbocycles. The number of aromatic nitrogens is 1. The number of amides is 2. The first-order valence-corrected chi connectivity index (χ1v) is 9.30. The number of carboxylic acids is 1. The molecule has 3 N–H and O–H groups in total. The van der Waals surface area contributed by atoms with Crippen LogP contribution in [0.2, 0.25) is 0 Å². The molecule has 3 aromatic rings. The van der Waals surface area contributed by atoms with Crippen molar-refractivity contribution < 1.29 is 32.7 Å². The molecular weight excluding hydrogens is 427 g/mol. The van der Waals surface area contributed by atoms with Gasteiger partial charge < -0.3 is 20.3 Å². The van der Waals surface area contributed by atoms with E-state index in [-0.39, 0.29) is 11.3 Å². The number of nitrogens with one attached hydrogen (secondary N) is 2. The molecule has 7 nitrogen and oxygen atoms in total. The predicted molar refractivity (Wildman–Crippen MR) is 110 cm³/mol. The average Bonchev–Trinajstić information content (AvgIpc) is 3.11. The van der Waals surface area contributed by atoms with E-state index in [9.17, 15) is 27.6 Å². The van der Waals surface area contributed by atoms with Crippen LogP contribution in [0.1, 0.15) is 26.4 Å². The van der Waals surface area contributed by atoms with Crippen LogP contribution in [-0.2, 0) is 18.0 Å². The minimum Gasteiger partial charge on any atom is -0.480 e. The van der Waals surface area contributed by atoms with Crippen LogP contribution in [0.25, 0.3) is 11.1 Å². The third-order valence-corrected chi connectivity index (χ3v) is 4.59. The summed E-state index contributed by atoms with van der Waals surface area (Å²) in [7, 11) is 1.56. The molecule has 0 aliphatic rings. The first-order chi connectivity index (χ1) is 15.1. The third-order valence-electron chi connectivity index (χ3n) is 4.59. The number of anilines is 1. The van der Waals surface area contributed by atoms with Gasteiger partial charge in [0.15, 0.2) is 0 Å². The van der Waals surface area contributed by atoms with Gasteiger partial charge in [-0.1, -0.05) is 30.3 Å². The zero-order valence-electron chi connectivity index (χ0n) is 16.7. The summed E-state index contributed by atoms with van der Waals surface area (Å²) in [6.07, 6.45) is -2.98.